The van der Waals surface area contributed by atoms with Gasteiger partial charge in [-0.25, -0.2) is 0 Å². The molecule has 0 saturated carbocycles. The molecule has 2 N–H and O–H groups in total. The molecule has 0 bridgehead atoms. The highest BCUT2D eigenvalue weighted by molar-refractivity contribution is 5.58. The average Bonchev–Trinajstić information content (AvgIpc) is 2.34. The van der Waals surface area contributed by atoms with Crippen molar-refractivity contribution in [3.8, 4) is 17.6 Å². The van der Waals surface area contributed by atoms with Crippen LogP contribution >= 0.6 is 0 Å². The van der Waals surface area contributed by atoms with Crippen molar-refractivity contribution in [2.75, 3.05) is 5.73 Å². The Labute approximate surface area is 100 Å². The molecule has 2 rings (SSSR count). The van der Waals surface area contributed by atoms with Crippen molar-refractivity contribution in [2.45, 2.75) is 6.92 Å². The number of aryl methyl sites for hydroxylation is 1. The summed E-state index contributed by atoms with van der Waals surface area (Å²) in [6.45, 7) is 1.97. The number of hydrogen-bond acceptors (Lipinski definition) is 3. The first kappa shape index (κ1) is 11.0. The lowest BCUT2D eigenvalue weighted by molar-refractivity contribution is 0.481. The van der Waals surface area contributed by atoms with Gasteiger partial charge >= 0.3 is 0 Å². The zero-order valence-corrected chi connectivity index (χ0v) is 9.47. The molecule has 0 unspecified atom stereocenters. The van der Waals surface area contributed by atoms with E-state index in [0.29, 0.717) is 17.0 Å². The Morgan fingerprint density at radius 2 is 1.88 bits per heavy atom. The normalized spacial score (nSPS) is 9.65. The van der Waals surface area contributed by atoms with Crippen LogP contribution in [-0.4, -0.2) is 0 Å². The largest absolute Gasteiger partial charge is 0.455 e. The minimum Gasteiger partial charge on any atom is -0.455 e. The molecule has 0 aliphatic carbocycles. The molecule has 17 heavy (non-hydrogen) atoms. The Morgan fingerprint density at radius 1 is 1.12 bits per heavy atom. The van der Waals surface area contributed by atoms with Gasteiger partial charge in [0.1, 0.15) is 11.5 Å². The van der Waals surface area contributed by atoms with Crippen molar-refractivity contribution in [3.05, 3.63) is 53.6 Å². The third-order valence-electron chi connectivity index (χ3n) is 2.45. The van der Waals surface area contributed by atoms with Gasteiger partial charge in [-0.3, -0.25) is 0 Å². The number of ether oxygens (including phenoxy) is 1. The second kappa shape index (κ2) is 4.58. The number of nitrogen functional groups attached to an aromatic ring is 1. The van der Waals surface area contributed by atoms with Crippen LogP contribution in [0.1, 0.15) is 11.1 Å². The number of anilines is 1. The summed E-state index contributed by atoms with van der Waals surface area (Å²) in [4.78, 5) is 0. The van der Waals surface area contributed by atoms with Gasteiger partial charge < -0.3 is 10.5 Å². The lowest BCUT2D eigenvalue weighted by Gasteiger charge is -2.10. The molecule has 2 aromatic rings. The van der Waals surface area contributed by atoms with E-state index in [4.69, 9.17) is 15.7 Å². The van der Waals surface area contributed by atoms with Crippen LogP contribution in [0.2, 0.25) is 0 Å². The van der Waals surface area contributed by atoms with Gasteiger partial charge in [0, 0.05) is 0 Å². The average molecular weight is 224 g/mol. The molecular weight excluding hydrogens is 212 g/mol. The summed E-state index contributed by atoms with van der Waals surface area (Å²) >= 11 is 0. The highest BCUT2D eigenvalue weighted by Crippen LogP contribution is 2.29. The molecule has 0 aliphatic heterocycles. The van der Waals surface area contributed by atoms with E-state index in [1.807, 2.05) is 37.3 Å². The molecule has 2 aromatic carbocycles. The maximum atomic E-state index is 8.74. The monoisotopic (exact) mass is 224 g/mol. The van der Waals surface area contributed by atoms with Gasteiger partial charge in [-0.05, 0) is 36.8 Å². The molecule has 3 heteroatoms. The van der Waals surface area contributed by atoms with Crippen LogP contribution in [0.5, 0.6) is 11.5 Å². The standard InChI is InChI=1S/C14H12N2O/c1-10-4-2-3-5-13(10)17-14-7-6-11(9-15)8-12(14)16/h2-8H,16H2,1H3. The Hall–Kier alpha value is -2.47. The highest BCUT2D eigenvalue weighted by atomic mass is 16.5. The van der Waals surface area contributed by atoms with Crippen LogP contribution in [-0.2, 0) is 0 Å². The zero-order valence-electron chi connectivity index (χ0n) is 9.47. The topological polar surface area (TPSA) is 59.0 Å². The maximum absolute atomic E-state index is 8.74. The van der Waals surface area contributed by atoms with Crippen molar-refractivity contribution in [2.24, 2.45) is 0 Å². The molecule has 0 aliphatic rings. The molecule has 0 aromatic heterocycles. The van der Waals surface area contributed by atoms with Gasteiger partial charge in [0.15, 0.2) is 0 Å². The quantitative estimate of drug-likeness (QED) is 0.796. The minimum absolute atomic E-state index is 0.465. The second-order valence-corrected chi connectivity index (χ2v) is 3.73. The number of para-hydroxylation sites is 1. The molecule has 0 fully saturated rings. The third-order valence-corrected chi connectivity index (χ3v) is 2.45. The fraction of sp³-hybridized carbons (Fsp3) is 0.0714. The van der Waals surface area contributed by atoms with E-state index in [2.05, 4.69) is 0 Å². The van der Waals surface area contributed by atoms with E-state index < -0.39 is 0 Å². The van der Waals surface area contributed by atoms with Crippen molar-refractivity contribution in [3.63, 3.8) is 0 Å². The van der Waals surface area contributed by atoms with E-state index in [1.54, 1.807) is 18.2 Å². The smallest absolute Gasteiger partial charge is 0.150 e. The summed E-state index contributed by atoms with van der Waals surface area (Å²) in [5.74, 6) is 1.34. The number of hydrogen-bond donors (Lipinski definition) is 1. The van der Waals surface area contributed by atoms with E-state index >= 15 is 0 Å². The van der Waals surface area contributed by atoms with Gasteiger partial charge in [-0.1, -0.05) is 18.2 Å². The lowest BCUT2D eigenvalue weighted by atomic mass is 10.2. The first-order valence-corrected chi connectivity index (χ1v) is 5.24. The summed E-state index contributed by atoms with van der Waals surface area (Å²) in [7, 11) is 0. The number of benzene rings is 2. The van der Waals surface area contributed by atoms with E-state index in [-0.39, 0.29) is 0 Å². The minimum atomic E-state index is 0.465. The van der Waals surface area contributed by atoms with Gasteiger partial charge in [0.05, 0.1) is 17.3 Å². The number of nitrogens with two attached hydrogens (primary N) is 1. The number of nitriles is 1. The SMILES string of the molecule is Cc1ccccc1Oc1ccc(C#N)cc1N. The molecule has 0 saturated heterocycles. The molecule has 3 nitrogen and oxygen atoms in total. The van der Waals surface area contributed by atoms with E-state index in [9.17, 15) is 0 Å². The molecule has 0 spiro atoms. The van der Waals surface area contributed by atoms with Crippen LogP contribution in [0.4, 0.5) is 5.69 Å². The highest BCUT2D eigenvalue weighted by Gasteiger charge is 2.04. The summed E-state index contributed by atoms with van der Waals surface area (Å²) in [6, 6.07) is 14.7. The molecule has 0 amide bonds. The van der Waals surface area contributed by atoms with Crippen LogP contribution < -0.4 is 10.5 Å². The van der Waals surface area contributed by atoms with Crippen molar-refractivity contribution < 1.29 is 4.74 Å². The van der Waals surface area contributed by atoms with Crippen LogP contribution in [0.15, 0.2) is 42.5 Å². The fourth-order valence-corrected chi connectivity index (χ4v) is 1.50. The first-order valence-electron chi connectivity index (χ1n) is 5.24. The molecule has 0 atom stereocenters. The van der Waals surface area contributed by atoms with Gasteiger partial charge in [-0.15, -0.1) is 0 Å². The van der Waals surface area contributed by atoms with Crippen molar-refractivity contribution >= 4 is 5.69 Å². The number of nitrogens with zero attached hydrogens (tertiary/aromatic N) is 1. The first-order chi connectivity index (χ1) is 8.20. The zero-order chi connectivity index (χ0) is 12.3. The number of rotatable bonds is 2. The predicted octanol–water partition coefficient (Wildman–Crippen LogP) is 3.24. The van der Waals surface area contributed by atoms with Gasteiger partial charge in [0.2, 0.25) is 0 Å². The summed E-state index contributed by atoms with van der Waals surface area (Å²) in [5, 5.41) is 8.74. The van der Waals surface area contributed by atoms with Crippen molar-refractivity contribution in [1.82, 2.24) is 0 Å². The Bertz CT molecular complexity index is 585. The second-order valence-electron chi connectivity index (χ2n) is 3.73. The van der Waals surface area contributed by atoms with Crippen LogP contribution in [0.3, 0.4) is 0 Å². The summed E-state index contributed by atoms with van der Waals surface area (Å²) in [6.07, 6.45) is 0. The fourth-order valence-electron chi connectivity index (χ4n) is 1.50. The lowest BCUT2D eigenvalue weighted by Crippen LogP contribution is -1.94. The molecule has 84 valence electrons. The Balaban J connectivity index is 2.32. The van der Waals surface area contributed by atoms with Crippen molar-refractivity contribution in [1.29, 1.82) is 5.26 Å². The van der Waals surface area contributed by atoms with Crippen LogP contribution in [0.25, 0.3) is 0 Å². The summed E-state index contributed by atoms with van der Waals surface area (Å²) in [5.41, 5.74) is 7.85. The molecule has 0 heterocycles. The molecular formula is C14H12N2O. The Morgan fingerprint density at radius 3 is 2.53 bits per heavy atom. The van der Waals surface area contributed by atoms with E-state index in [0.717, 1.165) is 11.3 Å². The molecule has 0 radical (unpaired) electrons. The third kappa shape index (κ3) is 2.37. The Kier molecular flexibility index (Phi) is 2.97. The predicted molar refractivity (Wildman–Crippen MR) is 66.8 cm³/mol. The maximum Gasteiger partial charge on any atom is 0.150 e. The summed E-state index contributed by atoms with van der Waals surface area (Å²) < 4.78 is 5.70. The van der Waals surface area contributed by atoms with Gasteiger partial charge in [-0.2, -0.15) is 5.26 Å². The van der Waals surface area contributed by atoms with E-state index in [1.165, 1.54) is 0 Å². The van der Waals surface area contributed by atoms with Crippen LogP contribution in [0, 0.1) is 18.3 Å². The van der Waals surface area contributed by atoms with Gasteiger partial charge in [0.25, 0.3) is 0 Å².